The van der Waals surface area contributed by atoms with Crippen LogP contribution in [0, 0.1) is 5.82 Å². The van der Waals surface area contributed by atoms with Crippen molar-refractivity contribution in [2.24, 2.45) is 10.8 Å². The summed E-state index contributed by atoms with van der Waals surface area (Å²) in [6, 6.07) is 12.0. The maximum Gasteiger partial charge on any atom is 0.267 e. The number of nitrogens with two attached hydrogens (primary N) is 1. The second-order valence-corrected chi connectivity index (χ2v) is 5.98. The first-order chi connectivity index (χ1) is 13.0. The molecule has 7 nitrogen and oxygen atoms in total. The van der Waals surface area contributed by atoms with E-state index in [0.29, 0.717) is 11.4 Å². The molecule has 27 heavy (non-hydrogen) atoms. The smallest absolute Gasteiger partial charge is 0.267 e. The number of primary amides is 1. The average molecular weight is 370 g/mol. The number of carbonyl (C=O) groups excluding carboxylic acids is 2. The summed E-state index contributed by atoms with van der Waals surface area (Å²) in [6.07, 6.45) is 0.0739. The molecule has 0 saturated heterocycles. The molecule has 2 aromatic carbocycles. The fourth-order valence-electron chi connectivity index (χ4n) is 2.83. The number of carbonyl (C=O) groups is 2. The SMILES string of the molecule is COc1ccccc1CNC(=O)C1=NN(c2ccc(F)cc2)C(C(N)=O)C1. The van der Waals surface area contributed by atoms with Gasteiger partial charge in [-0.1, -0.05) is 18.2 Å². The van der Waals surface area contributed by atoms with Crippen LogP contribution in [-0.4, -0.2) is 30.7 Å². The topological polar surface area (TPSA) is 97.0 Å². The van der Waals surface area contributed by atoms with Gasteiger partial charge < -0.3 is 15.8 Å². The van der Waals surface area contributed by atoms with Crippen LogP contribution >= 0.6 is 0 Å². The third kappa shape index (κ3) is 4.05. The Kier molecular flexibility index (Phi) is 5.35. The van der Waals surface area contributed by atoms with Gasteiger partial charge in [0.2, 0.25) is 5.91 Å². The van der Waals surface area contributed by atoms with Crippen LogP contribution in [0.15, 0.2) is 53.6 Å². The van der Waals surface area contributed by atoms with Crippen molar-refractivity contribution in [3.63, 3.8) is 0 Å². The Bertz CT molecular complexity index is 883. The number of methoxy groups -OCH3 is 1. The highest BCUT2D eigenvalue weighted by atomic mass is 19.1. The number of nitrogens with zero attached hydrogens (tertiary/aromatic N) is 2. The maximum absolute atomic E-state index is 13.1. The average Bonchev–Trinajstić information content (AvgIpc) is 3.12. The summed E-state index contributed by atoms with van der Waals surface area (Å²) in [5, 5.41) is 8.34. The van der Waals surface area contributed by atoms with Gasteiger partial charge in [-0.15, -0.1) is 0 Å². The molecule has 3 N–H and O–H groups in total. The number of hydrazone groups is 1. The van der Waals surface area contributed by atoms with Gasteiger partial charge in [0.15, 0.2) is 0 Å². The highest BCUT2D eigenvalue weighted by Gasteiger charge is 2.34. The summed E-state index contributed by atoms with van der Waals surface area (Å²) < 4.78 is 18.4. The van der Waals surface area contributed by atoms with Crippen LogP contribution in [0.2, 0.25) is 0 Å². The van der Waals surface area contributed by atoms with Crippen LogP contribution < -0.4 is 20.8 Å². The van der Waals surface area contributed by atoms with Crippen LogP contribution in [0.5, 0.6) is 5.75 Å². The Labute approximate surface area is 155 Å². The zero-order valence-corrected chi connectivity index (χ0v) is 14.7. The highest BCUT2D eigenvalue weighted by Crippen LogP contribution is 2.25. The Morgan fingerprint density at radius 1 is 1.26 bits per heavy atom. The van der Waals surface area contributed by atoms with Crippen molar-refractivity contribution in [3.05, 3.63) is 59.9 Å². The van der Waals surface area contributed by atoms with Crippen molar-refractivity contribution in [2.75, 3.05) is 12.1 Å². The fraction of sp³-hybridized carbons (Fsp3) is 0.211. The minimum absolute atomic E-state index is 0.0739. The van der Waals surface area contributed by atoms with E-state index in [1.165, 1.54) is 29.3 Å². The molecule has 2 amide bonds. The summed E-state index contributed by atoms with van der Waals surface area (Å²) >= 11 is 0. The molecule has 0 fully saturated rings. The molecule has 0 bridgehead atoms. The summed E-state index contributed by atoms with van der Waals surface area (Å²) in [5.74, 6) is -0.770. The quantitative estimate of drug-likeness (QED) is 0.807. The molecule has 0 saturated carbocycles. The molecule has 1 aliphatic rings. The van der Waals surface area contributed by atoms with Crippen molar-refractivity contribution < 1.29 is 18.7 Å². The first-order valence-corrected chi connectivity index (χ1v) is 8.31. The predicted molar refractivity (Wildman–Crippen MR) is 98.8 cm³/mol. The molecule has 1 unspecified atom stereocenters. The Balaban J connectivity index is 1.75. The van der Waals surface area contributed by atoms with Gasteiger partial charge in [-0.05, 0) is 30.3 Å². The van der Waals surface area contributed by atoms with Gasteiger partial charge in [0.1, 0.15) is 23.3 Å². The molecule has 1 atom stereocenters. The maximum atomic E-state index is 13.1. The second kappa shape index (κ2) is 7.86. The Hall–Kier alpha value is -3.42. The summed E-state index contributed by atoms with van der Waals surface area (Å²) in [6.45, 7) is 0.250. The summed E-state index contributed by atoms with van der Waals surface area (Å²) in [4.78, 5) is 24.3. The van der Waals surface area contributed by atoms with Gasteiger partial charge in [-0.25, -0.2) is 4.39 Å². The zero-order chi connectivity index (χ0) is 19.4. The van der Waals surface area contributed by atoms with Crippen molar-refractivity contribution in [2.45, 2.75) is 19.0 Å². The molecule has 1 heterocycles. The molecule has 0 radical (unpaired) electrons. The summed E-state index contributed by atoms with van der Waals surface area (Å²) in [5.41, 5.74) is 6.92. The van der Waals surface area contributed by atoms with E-state index in [0.717, 1.165) is 5.56 Å². The lowest BCUT2D eigenvalue weighted by molar-refractivity contribution is -0.119. The van der Waals surface area contributed by atoms with E-state index in [1.54, 1.807) is 13.2 Å². The molecule has 0 aliphatic carbocycles. The zero-order valence-electron chi connectivity index (χ0n) is 14.7. The van der Waals surface area contributed by atoms with Crippen LogP contribution in [0.4, 0.5) is 10.1 Å². The van der Waals surface area contributed by atoms with Crippen LogP contribution in [0.1, 0.15) is 12.0 Å². The molecule has 1 aliphatic heterocycles. The fourth-order valence-corrected chi connectivity index (χ4v) is 2.83. The van der Waals surface area contributed by atoms with Gasteiger partial charge in [0, 0.05) is 18.5 Å². The number of hydrogen-bond donors (Lipinski definition) is 2. The minimum Gasteiger partial charge on any atom is -0.496 e. The number of nitrogens with one attached hydrogen (secondary N) is 1. The number of anilines is 1. The van der Waals surface area contributed by atoms with Crippen LogP contribution in [0.3, 0.4) is 0 Å². The molecular formula is C19H19FN4O3. The molecule has 0 aromatic heterocycles. The molecule has 0 spiro atoms. The lowest BCUT2D eigenvalue weighted by Gasteiger charge is -2.20. The van der Waals surface area contributed by atoms with Crippen molar-refractivity contribution in [3.8, 4) is 5.75 Å². The van der Waals surface area contributed by atoms with Gasteiger partial charge in [0.05, 0.1) is 12.8 Å². The van der Waals surface area contributed by atoms with Crippen molar-refractivity contribution in [1.29, 1.82) is 0 Å². The Morgan fingerprint density at radius 3 is 2.63 bits per heavy atom. The molecule has 2 aromatic rings. The Morgan fingerprint density at radius 2 is 1.96 bits per heavy atom. The van der Waals surface area contributed by atoms with Gasteiger partial charge in [-0.3, -0.25) is 14.6 Å². The number of benzene rings is 2. The normalized spacial score (nSPS) is 16.0. The lowest BCUT2D eigenvalue weighted by Crippen LogP contribution is -2.39. The van der Waals surface area contributed by atoms with E-state index in [-0.39, 0.29) is 18.7 Å². The standard InChI is InChI=1S/C19H19FN4O3/c1-27-17-5-3-2-4-12(17)11-22-19(26)15-10-16(18(21)25)24(23-15)14-8-6-13(20)7-9-14/h2-9,16H,10-11H2,1H3,(H2,21,25)(H,22,26). The number of rotatable bonds is 6. The van der Waals surface area contributed by atoms with Crippen LogP contribution in [-0.2, 0) is 16.1 Å². The van der Waals surface area contributed by atoms with Crippen LogP contribution in [0.25, 0.3) is 0 Å². The van der Waals surface area contributed by atoms with Gasteiger partial charge >= 0.3 is 0 Å². The van der Waals surface area contributed by atoms with E-state index in [9.17, 15) is 14.0 Å². The largest absolute Gasteiger partial charge is 0.496 e. The first kappa shape index (κ1) is 18.4. The number of amides is 2. The van der Waals surface area contributed by atoms with Crippen molar-refractivity contribution in [1.82, 2.24) is 5.32 Å². The third-order valence-corrected chi connectivity index (χ3v) is 4.22. The summed E-state index contributed by atoms with van der Waals surface area (Å²) in [7, 11) is 1.56. The molecular weight excluding hydrogens is 351 g/mol. The molecule has 3 rings (SSSR count). The van der Waals surface area contributed by atoms with E-state index >= 15 is 0 Å². The lowest BCUT2D eigenvalue weighted by atomic mass is 10.1. The van der Waals surface area contributed by atoms with Crippen molar-refractivity contribution >= 4 is 23.2 Å². The first-order valence-electron chi connectivity index (χ1n) is 8.31. The molecule has 140 valence electrons. The van der Waals surface area contributed by atoms with E-state index < -0.39 is 23.7 Å². The van der Waals surface area contributed by atoms with E-state index in [1.807, 2.05) is 18.2 Å². The predicted octanol–water partition coefficient (Wildman–Crippen LogP) is 1.57. The highest BCUT2D eigenvalue weighted by molar-refractivity contribution is 6.40. The third-order valence-electron chi connectivity index (χ3n) is 4.22. The van der Waals surface area contributed by atoms with E-state index in [2.05, 4.69) is 10.4 Å². The van der Waals surface area contributed by atoms with Gasteiger partial charge in [-0.2, -0.15) is 5.10 Å². The molecule has 8 heteroatoms. The monoisotopic (exact) mass is 370 g/mol. The number of para-hydroxylation sites is 1. The number of ether oxygens (including phenoxy) is 1. The second-order valence-electron chi connectivity index (χ2n) is 5.98. The van der Waals surface area contributed by atoms with Gasteiger partial charge in [0.25, 0.3) is 5.91 Å². The number of hydrogen-bond acceptors (Lipinski definition) is 5. The minimum atomic E-state index is -0.803. The number of halogens is 1. The van der Waals surface area contributed by atoms with E-state index in [4.69, 9.17) is 10.5 Å².